The minimum absolute atomic E-state index is 0.385. The van der Waals surface area contributed by atoms with Gasteiger partial charge < -0.3 is 4.74 Å². The molecule has 1 aromatic rings. The van der Waals surface area contributed by atoms with Gasteiger partial charge in [0.1, 0.15) is 6.04 Å². The number of pyridine rings is 1. The van der Waals surface area contributed by atoms with Gasteiger partial charge in [-0.05, 0) is 18.4 Å². The van der Waals surface area contributed by atoms with Crippen molar-refractivity contribution in [2.75, 3.05) is 7.11 Å². The summed E-state index contributed by atoms with van der Waals surface area (Å²) in [7, 11) is 1.24. The maximum Gasteiger partial charge on any atom is 0.334 e. The normalized spacial score (nSPS) is 15.8. The third kappa shape index (κ3) is 2.81. The first kappa shape index (κ1) is 13.3. The highest BCUT2D eigenvalue weighted by Gasteiger charge is 2.32. The summed E-state index contributed by atoms with van der Waals surface area (Å²) in [4.78, 5) is 33.7. The number of esters is 1. The van der Waals surface area contributed by atoms with Crippen LogP contribution < -0.4 is 5.56 Å². The molecule has 2 rings (SSSR count). The van der Waals surface area contributed by atoms with Crippen LogP contribution in [0.25, 0.3) is 0 Å². The number of nitro groups is 1. The number of hydrogen-bond donors (Lipinski definition) is 0. The second-order valence-electron chi connectivity index (χ2n) is 4.58. The van der Waals surface area contributed by atoms with Gasteiger partial charge in [0, 0.05) is 12.3 Å². The molecule has 1 saturated carbocycles. The fourth-order valence-corrected chi connectivity index (χ4v) is 2.01. The van der Waals surface area contributed by atoms with Crippen molar-refractivity contribution in [1.82, 2.24) is 4.57 Å². The van der Waals surface area contributed by atoms with Crippen molar-refractivity contribution in [3.05, 3.63) is 38.8 Å². The van der Waals surface area contributed by atoms with Gasteiger partial charge in [-0.1, -0.05) is 12.8 Å². The second kappa shape index (κ2) is 5.21. The predicted molar refractivity (Wildman–Crippen MR) is 65.8 cm³/mol. The van der Waals surface area contributed by atoms with Gasteiger partial charge in [-0.15, -0.1) is 0 Å². The van der Waals surface area contributed by atoms with E-state index in [2.05, 4.69) is 4.74 Å². The first-order chi connectivity index (χ1) is 9.04. The Hall–Kier alpha value is -2.18. The summed E-state index contributed by atoms with van der Waals surface area (Å²) in [6, 6.07) is 1.73. The Labute approximate surface area is 108 Å². The van der Waals surface area contributed by atoms with Crippen molar-refractivity contribution in [2.24, 2.45) is 5.92 Å². The Kier molecular flexibility index (Phi) is 3.64. The molecular formula is C12H14N2O5. The summed E-state index contributed by atoms with van der Waals surface area (Å²) >= 11 is 0. The number of carbonyl (C=O) groups excluding carboxylic acids is 1. The number of ether oxygens (including phenoxy) is 1. The molecular weight excluding hydrogens is 252 g/mol. The molecule has 1 heterocycles. The zero-order chi connectivity index (χ0) is 14.0. The molecule has 7 nitrogen and oxygen atoms in total. The van der Waals surface area contributed by atoms with E-state index in [4.69, 9.17) is 0 Å². The predicted octanol–water partition coefficient (Wildman–Crippen LogP) is 1.27. The van der Waals surface area contributed by atoms with E-state index in [0.29, 0.717) is 12.3 Å². The van der Waals surface area contributed by atoms with E-state index < -0.39 is 28.2 Å². The van der Waals surface area contributed by atoms with Crippen LogP contribution in [0.15, 0.2) is 23.1 Å². The van der Waals surface area contributed by atoms with Crippen molar-refractivity contribution >= 4 is 11.7 Å². The van der Waals surface area contributed by atoms with E-state index in [9.17, 15) is 19.7 Å². The third-order valence-electron chi connectivity index (χ3n) is 3.21. The number of aromatic nitrogens is 1. The monoisotopic (exact) mass is 266 g/mol. The van der Waals surface area contributed by atoms with E-state index in [0.717, 1.165) is 23.5 Å². The average Bonchev–Trinajstić information content (AvgIpc) is 3.19. The quantitative estimate of drug-likeness (QED) is 0.454. The molecule has 0 amide bonds. The highest BCUT2D eigenvalue weighted by atomic mass is 16.6. The molecule has 7 heteroatoms. The van der Waals surface area contributed by atoms with E-state index in [1.807, 2.05) is 0 Å². The van der Waals surface area contributed by atoms with Crippen molar-refractivity contribution < 1.29 is 14.5 Å². The second-order valence-corrected chi connectivity index (χ2v) is 4.58. The van der Waals surface area contributed by atoms with Crippen molar-refractivity contribution in [3.8, 4) is 0 Å². The topological polar surface area (TPSA) is 91.4 Å². The zero-order valence-corrected chi connectivity index (χ0v) is 10.4. The number of rotatable bonds is 5. The van der Waals surface area contributed by atoms with Crippen LogP contribution in [0.2, 0.25) is 0 Å². The van der Waals surface area contributed by atoms with Crippen molar-refractivity contribution in [2.45, 2.75) is 25.3 Å². The third-order valence-corrected chi connectivity index (χ3v) is 3.21. The van der Waals surface area contributed by atoms with Crippen LogP contribution in [0.1, 0.15) is 25.3 Å². The van der Waals surface area contributed by atoms with E-state index >= 15 is 0 Å². The van der Waals surface area contributed by atoms with Gasteiger partial charge in [-0.2, -0.15) is 0 Å². The largest absolute Gasteiger partial charge is 0.467 e. The Balaban J connectivity index is 2.40. The molecule has 0 aromatic carbocycles. The molecule has 0 N–H and O–H groups in total. The van der Waals surface area contributed by atoms with Crippen LogP contribution in [0, 0.1) is 16.0 Å². The smallest absolute Gasteiger partial charge is 0.334 e. The number of nitrogens with zero attached hydrogens (tertiary/aromatic N) is 2. The van der Waals surface area contributed by atoms with Crippen LogP contribution in [-0.2, 0) is 9.53 Å². The van der Waals surface area contributed by atoms with Gasteiger partial charge in [0.25, 0.3) is 0 Å². The summed E-state index contributed by atoms with van der Waals surface area (Å²) in [6.07, 6.45) is 3.89. The average molecular weight is 266 g/mol. The first-order valence-corrected chi connectivity index (χ1v) is 5.98. The lowest BCUT2D eigenvalue weighted by Crippen LogP contribution is -2.31. The highest BCUT2D eigenvalue weighted by molar-refractivity contribution is 5.74. The molecule has 0 radical (unpaired) electrons. The number of carbonyl (C=O) groups is 1. The van der Waals surface area contributed by atoms with Crippen LogP contribution >= 0.6 is 0 Å². The maximum atomic E-state index is 12.0. The van der Waals surface area contributed by atoms with Gasteiger partial charge in [0.15, 0.2) is 0 Å². The standard InChI is InChI=1S/C12H14N2O5/c1-19-12(16)10(7-8-4-5-8)13-6-2-3-9(11(13)15)14(17)18/h2-3,6,8,10H,4-5,7H2,1H3. The molecule has 19 heavy (non-hydrogen) atoms. The van der Waals surface area contributed by atoms with Gasteiger partial charge >= 0.3 is 17.2 Å². The molecule has 1 aliphatic carbocycles. The van der Waals surface area contributed by atoms with E-state index in [1.54, 1.807) is 0 Å². The van der Waals surface area contributed by atoms with Crippen LogP contribution in [0.4, 0.5) is 5.69 Å². The SMILES string of the molecule is COC(=O)C(CC1CC1)n1cccc([N+](=O)[O-])c1=O. The Morgan fingerprint density at radius 1 is 1.63 bits per heavy atom. The Morgan fingerprint density at radius 2 is 2.32 bits per heavy atom. The molecule has 1 fully saturated rings. The lowest BCUT2D eigenvalue weighted by atomic mass is 10.1. The Morgan fingerprint density at radius 3 is 2.84 bits per heavy atom. The lowest BCUT2D eigenvalue weighted by Gasteiger charge is -2.16. The summed E-state index contributed by atoms with van der Waals surface area (Å²) in [5.74, 6) is -0.162. The Bertz CT molecular complexity index is 561. The van der Waals surface area contributed by atoms with E-state index in [-0.39, 0.29) is 0 Å². The number of hydrogen-bond acceptors (Lipinski definition) is 5. The van der Waals surface area contributed by atoms with Gasteiger partial charge in [-0.25, -0.2) is 4.79 Å². The first-order valence-electron chi connectivity index (χ1n) is 5.98. The molecule has 0 aliphatic heterocycles. The minimum Gasteiger partial charge on any atom is -0.467 e. The molecule has 1 aromatic heterocycles. The van der Waals surface area contributed by atoms with Crippen LogP contribution in [-0.4, -0.2) is 22.6 Å². The van der Waals surface area contributed by atoms with Crippen LogP contribution in [0.3, 0.4) is 0 Å². The highest BCUT2D eigenvalue weighted by Crippen LogP contribution is 2.36. The minimum atomic E-state index is -0.787. The molecule has 1 unspecified atom stereocenters. The zero-order valence-electron chi connectivity index (χ0n) is 10.4. The summed E-state index contributed by atoms with van der Waals surface area (Å²) in [5.41, 5.74) is -1.31. The molecule has 102 valence electrons. The summed E-state index contributed by atoms with van der Waals surface area (Å²) < 4.78 is 5.78. The van der Waals surface area contributed by atoms with Crippen molar-refractivity contribution in [3.63, 3.8) is 0 Å². The summed E-state index contributed by atoms with van der Waals surface area (Å²) in [6.45, 7) is 0. The molecule has 1 aliphatic rings. The van der Waals surface area contributed by atoms with Gasteiger partial charge in [0.05, 0.1) is 12.0 Å². The van der Waals surface area contributed by atoms with Crippen molar-refractivity contribution in [1.29, 1.82) is 0 Å². The van der Waals surface area contributed by atoms with Gasteiger partial charge in [-0.3, -0.25) is 19.5 Å². The fourth-order valence-electron chi connectivity index (χ4n) is 2.01. The molecule has 0 bridgehead atoms. The summed E-state index contributed by atoms with van der Waals surface area (Å²) in [5, 5.41) is 10.7. The molecule has 0 spiro atoms. The number of methoxy groups -OCH3 is 1. The molecule has 1 atom stereocenters. The molecule has 0 saturated heterocycles. The maximum absolute atomic E-state index is 12.0. The van der Waals surface area contributed by atoms with E-state index in [1.165, 1.54) is 19.4 Å². The van der Waals surface area contributed by atoms with Crippen LogP contribution in [0.5, 0.6) is 0 Å². The van der Waals surface area contributed by atoms with Gasteiger partial charge in [0.2, 0.25) is 0 Å². The lowest BCUT2D eigenvalue weighted by molar-refractivity contribution is -0.386. The fraction of sp³-hybridized carbons (Fsp3) is 0.500.